The Hall–Kier alpha value is -0.200. The maximum absolute atomic E-state index is 9.89. The van der Waals surface area contributed by atoms with E-state index in [2.05, 4.69) is 5.32 Å². The highest BCUT2D eigenvalue weighted by molar-refractivity contribution is 4.57. The summed E-state index contributed by atoms with van der Waals surface area (Å²) in [6.45, 7) is 3.06. The van der Waals surface area contributed by atoms with Crippen LogP contribution in [0.2, 0.25) is 0 Å². The fourth-order valence-corrected chi connectivity index (χ4v) is 0.504. The number of hydrogen-bond acceptors (Lipinski definition) is 5. The standard InChI is InChI=1S/C5H14N3O2/c1-5(6)4-7-2-3-8(9)10/h5,7,9H,2-4,6H2,1H3/q-1. The van der Waals surface area contributed by atoms with Crippen molar-refractivity contribution in [2.75, 3.05) is 19.6 Å². The summed E-state index contributed by atoms with van der Waals surface area (Å²) in [5.41, 5.74) is 5.39. The molecule has 10 heavy (non-hydrogen) atoms. The van der Waals surface area contributed by atoms with Gasteiger partial charge in [-0.25, -0.2) is 0 Å². The van der Waals surface area contributed by atoms with Crippen LogP contribution in [0.1, 0.15) is 6.92 Å². The van der Waals surface area contributed by atoms with Gasteiger partial charge >= 0.3 is 0 Å². The Morgan fingerprint density at radius 3 is 2.80 bits per heavy atom. The molecule has 0 aliphatic heterocycles. The van der Waals surface area contributed by atoms with Gasteiger partial charge in [-0.2, -0.15) is 0 Å². The van der Waals surface area contributed by atoms with E-state index < -0.39 is 0 Å². The van der Waals surface area contributed by atoms with Crippen LogP contribution in [0.15, 0.2) is 0 Å². The summed E-state index contributed by atoms with van der Waals surface area (Å²) in [6.07, 6.45) is 0. The fraction of sp³-hybridized carbons (Fsp3) is 1.00. The maximum Gasteiger partial charge on any atom is 0.0229 e. The molecule has 0 aromatic rings. The van der Waals surface area contributed by atoms with Crippen LogP contribution >= 0.6 is 0 Å². The van der Waals surface area contributed by atoms with E-state index in [1.165, 1.54) is 0 Å². The maximum atomic E-state index is 9.89. The van der Waals surface area contributed by atoms with Crippen LogP contribution in [0.3, 0.4) is 0 Å². The summed E-state index contributed by atoms with van der Waals surface area (Å²) >= 11 is 0. The van der Waals surface area contributed by atoms with Crippen LogP contribution in [0.4, 0.5) is 0 Å². The molecular formula is C5H14N3O2-. The van der Waals surface area contributed by atoms with E-state index in [4.69, 9.17) is 10.9 Å². The van der Waals surface area contributed by atoms with Gasteiger partial charge in [0.2, 0.25) is 0 Å². The zero-order valence-electron chi connectivity index (χ0n) is 6.08. The third-order valence-corrected chi connectivity index (χ3v) is 0.946. The van der Waals surface area contributed by atoms with Crippen LogP contribution in [0.25, 0.3) is 0 Å². The lowest BCUT2D eigenvalue weighted by Gasteiger charge is -2.19. The molecular weight excluding hydrogens is 134 g/mol. The molecule has 0 radical (unpaired) electrons. The van der Waals surface area contributed by atoms with E-state index >= 15 is 0 Å². The van der Waals surface area contributed by atoms with Crippen molar-refractivity contribution in [2.45, 2.75) is 13.0 Å². The van der Waals surface area contributed by atoms with Crippen molar-refractivity contribution in [2.24, 2.45) is 5.73 Å². The summed E-state index contributed by atoms with van der Waals surface area (Å²) in [6, 6.07) is 0.0822. The van der Waals surface area contributed by atoms with Gasteiger partial charge in [0.05, 0.1) is 0 Å². The molecule has 5 nitrogen and oxygen atoms in total. The molecule has 0 saturated heterocycles. The zero-order chi connectivity index (χ0) is 7.98. The van der Waals surface area contributed by atoms with E-state index in [1.807, 2.05) is 6.92 Å². The smallest absolute Gasteiger partial charge is 0.0229 e. The van der Waals surface area contributed by atoms with Gasteiger partial charge in [0.15, 0.2) is 0 Å². The highest BCUT2D eigenvalue weighted by Crippen LogP contribution is 1.73. The van der Waals surface area contributed by atoms with Gasteiger partial charge in [0.25, 0.3) is 0 Å². The lowest BCUT2D eigenvalue weighted by molar-refractivity contribution is -0.0388. The van der Waals surface area contributed by atoms with Gasteiger partial charge in [0, 0.05) is 25.7 Å². The third-order valence-electron chi connectivity index (χ3n) is 0.946. The highest BCUT2D eigenvalue weighted by atomic mass is 16.8. The molecule has 0 aliphatic carbocycles. The lowest BCUT2D eigenvalue weighted by Crippen LogP contribution is -2.34. The largest absolute Gasteiger partial charge is 0.762 e. The van der Waals surface area contributed by atoms with E-state index in [9.17, 15) is 5.21 Å². The molecule has 0 rings (SSSR count). The average Bonchev–Trinajstić information content (AvgIpc) is 1.79. The van der Waals surface area contributed by atoms with Crippen molar-refractivity contribution in [3.8, 4) is 0 Å². The topological polar surface area (TPSA) is 84.6 Å². The summed E-state index contributed by atoms with van der Waals surface area (Å²) in [5.74, 6) is 0. The summed E-state index contributed by atoms with van der Waals surface area (Å²) in [7, 11) is 0. The molecule has 1 unspecified atom stereocenters. The summed E-state index contributed by atoms with van der Waals surface area (Å²) in [5, 5.41) is 20.8. The van der Waals surface area contributed by atoms with E-state index in [-0.39, 0.29) is 17.8 Å². The summed E-state index contributed by atoms with van der Waals surface area (Å²) < 4.78 is 0. The molecule has 0 heterocycles. The Balaban J connectivity index is 2.91. The lowest BCUT2D eigenvalue weighted by atomic mass is 10.4. The third kappa shape index (κ3) is 7.80. The molecule has 0 amide bonds. The molecule has 5 heteroatoms. The first-order chi connectivity index (χ1) is 4.63. The molecule has 0 fully saturated rings. The first-order valence-electron chi connectivity index (χ1n) is 3.22. The molecule has 0 aliphatic rings. The monoisotopic (exact) mass is 148 g/mol. The van der Waals surface area contributed by atoms with Crippen LogP contribution in [0.5, 0.6) is 0 Å². The molecule has 62 valence electrons. The minimum atomic E-state index is -0.103. The Labute approximate surface area is 60.3 Å². The molecule has 0 aromatic heterocycles. The van der Waals surface area contributed by atoms with Crippen molar-refractivity contribution < 1.29 is 5.21 Å². The number of hydroxylamine groups is 2. The normalized spacial score (nSPS) is 14.1. The Morgan fingerprint density at radius 1 is 1.80 bits per heavy atom. The first-order valence-corrected chi connectivity index (χ1v) is 3.22. The second-order valence-electron chi connectivity index (χ2n) is 2.26. The van der Waals surface area contributed by atoms with Gasteiger partial charge < -0.3 is 21.5 Å². The molecule has 0 spiro atoms. The quantitative estimate of drug-likeness (QED) is 0.348. The summed E-state index contributed by atoms with van der Waals surface area (Å²) in [4.78, 5) is 0. The van der Waals surface area contributed by atoms with Crippen molar-refractivity contribution >= 4 is 0 Å². The zero-order valence-corrected chi connectivity index (χ0v) is 6.08. The second-order valence-corrected chi connectivity index (χ2v) is 2.26. The predicted octanol–water partition coefficient (Wildman–Crippen LogP) is -0.888. The van der Waals surface area contributed by atoms with E-state index in [0.717, 1.165) is 0 Å². The van der Waals surface area contributed by atoms with Crippen molar-refractivity contribution in [1.29, 1.82) is 0 Å². The van der Waals surface area contributed by atoms with Crippen LogP contribution < -0.4 is 11.1 Å². The second kappa shape index (κ2) is 5.57. The molecule has 1 atom stereocenters. The van der Waals surface area contributed by atoms with E-state index in [0.29, 0.717) is 13.1 Å². The van der Waals surface area contributed by atoms with Crippen LogP contribution in [-0.4, -0.2) is 36.1 Å². The fourth-order valence-electron chi connectivity index (χ4n) is 0.504. The van der Waals surface area contributed by atoms with Gasteiger partial charge in [-0.15, -0.1) is 0 Å². The highest BCUT2D eigenvalue weighted by Gasteiger charge is 1.91. The van der Waals surface area contributed by atoms with Gasteiger partial charge in [-0.1, -0.05) is 0 Å². The Morgan fingerprint density at radius 2 is 2.40 bits per heavy atom. The SMILES string of the molecule is CC(N)CNCCN([O-])O. The van der Waals surface area contributed by atoms with Crippen molar-refractivity contribution in [3.05, 3.63) is 5.21 Å². The molecule has 4 N–H and O–H groups in total. The van der Waals surface area contributed by atoms with Crippen LogP contribution in [0, 0.1) is 5.21 Å². The van der Waals surface area contributed by atoms with Gasteiger partial charge in [-0.05, 0) is 6.92 Å². The van der Waals surface area contributed by atoms with Gasteiger partial charge in [-0.3, -0.25) is 5.23 Å². The number of nitrogens with zero attached hydrogens (tertiary/aromatic N) is 1. The molecule has 0 bridgehead atoms. The van der Waals surface area contributed by atoms with E-state index in [1.54, 1.807) is 0 Å². The average molecular weight is 148 g/mol. The van der Waals surface area contributed by atoms with Crippen LogP contribution in [-0.2, 0) is 0 Å². The Kier molecular flexibility index (Phi) is 5.46. The number of rotatable bonds is 5. The predicted molar refractivity (Wildman–Crippen MR) is 38.4 cm³/mol. The first kappa shape index (κ1) is 9.80. The van der Waals surface area contributed by atoms with Crippen molar-refractivity contribution in [1.82, 2.24) is 10.5 Å². The number of nitrogens with two attached hydrogens (primary N) is 1. The minimum Gasteiger partial charge on any atom is -0.762 e. The number of hydrogen-bond donors (Lipinski definition) is 3. The minimum absolute atomic E-state index is 0.0761. The Bertz CT molecular complexity index is 67.3. The van der Waals surface area contributed by atoms with Gasteiger partial charge in [0.1, 0.15) is 0 Å². The number of nitrogens with one attached hydrogen (secondary N) is 1. The van der Waals surface area contributed by atoms with Crippen molar-refractivity contribution in [3.63, 3.8) is 0 Å². The molecule has 0 aromatic carbocycles. The molecule has 0 saturated carbocycles.